The molecule has 2 atom stereocenters. The fourth-order valence-corrected chi connectivity index (χ4v) is 11.6. The number of esters is 2. The van der Waals surface area contributed by atoms with E-state index in [1.807, 2.05) is 84.9 Å². The van der Waals surface area contributed by atoms with Crippen LogP contribution in [-0.2, 0) is 19.1 Å². The Bertz CT molecular complexity index is 2000. The van der Waals surface area contributed by atoms with Gasteiger partial charge in [0.15, 0.2) is 12.2 Å². The molecule has 0 spiro atoms. The summed E-state index contributed by atoms with van der Waals surface area (Å²) in [5.41, 5.74) is 1.19. The van der Waals surface area contributed by atoms with E-state index in [2.05, 4.69) is 48.5 Å². The Hall–Kier alpha value is -4.70. The van der Waals surface area contributed by atoms with E-state index >= 15 is 0 Å². The summed E-state index contributed by atoms with van der Waals surface area (Å²) in [4.78, 5) is 26.5. The van der Waals surface area contributed by atoms with Gasteiger partial charge in [0.2, 0.25) is 0 Å². The zero-order valence-corrected chi connectivity index (χ0v) is 34.8. The molecule has 0 saturated carbocycles. The summed E-state index contributed by atoms with van der Waals surface area (Å²) < 4.78 is 24.1. The smallest absolute Gasteiger partial charge is 0.347 e. The van der Waals surface area contributed by atoms with Crippen LogP contribution in [0.2, 0.25) is 10.0 Å². The highest BCUT2D eigenvalue weighted by Gasteiger charge is 2.34. The third-order valence-electron chi connectivity index (χ3n) is 8.79. The Morgan fingerprint density at radius 3 is 1.04 bits per heavy atom. The molecule has 286 valence electrons. The van der Waals surface area contributed by atoms with Crippen LogP contribution in [0, 0.1) is 0 Å². The lowest BCUT2D eigenvalue weighted by atomic mass is 10.0. The van der Waals surface area contributed by atoms with Crippen molar-refractivity contribution < 1.29 is 28.5 Å². The van der Waals surface area contributed by atoms with Gasteiger partial charge in [0, 0.05) is 11.1 Å². The van der Waals surface area contributed by atoms with Crippen LogP contribution in [0.1, 0.15) is 27.7 Å². The number of rotatable bonds is 15. The molecule has 0 aromatic heterocycles. The van der Waals surface area contributed by atoms with Gasteiger partial charge in [0.05, 0.1) is 23.3 Å². The average molecular weight is 824 g/mol. The standard InChI is InChI=1S/C46H42Cl2O6P2/c1-5-51-45(49)31(3)53-43-37(47)27-29-39(55(33-19-11-7-12-20-33)34-21-13-8-14-22-34)41(43)42-40(30-28-38(48)44(42)54-32(4)46(50)52-6-2)56(35-23-15-9-16-24-35)36-25-17-10-18-26-36/h7-32H,5-6H2,1-4H3/t31-,32+. The van der Waals surface area contributed by atoms with Gasteiger partial charge in [0.1, 0.15) is 11.5 Å². The van der Waals surface area contributed by atoms with E-state index in [1.165, 1.54) is 0 Å². The molecule has 6 aromatic carbocycles. The van der Waals surface area contributed by atoms with Gasteiger partial charge < -0.3 is 18.9 Å². The molecule has 0 amide bonds. The number of carbonyl (C=O) groups is 2. The summed E-state index contributed by atoms with van der Waals surface area (Å²) in [5.74, 6) is -0.555. The van der Waals surface area contributed by atoms with E-state index in [-0.39, 0.29) is 34.8 Å². The van der Waals surface area contributed by atoms with Crippen LogP contribution in [0.5, 0.6) is 11.5 Å². The summed E-state index contributed by atoms with van der Waals surface area (Å²) >= 11 is 14.4. The average Bonchev–Trinajstić information content (AvgIpc) is 3.22. The van der Waals surface area contributed by atoms with Crippen molar-refractivity contribution in [2.45, 2.75) is 39.9 Å². The van der Waals surface area contributed by atoms with Crippen molar-refractivity contribution >= 4 is 82.8 Å². The highest BCUT2D eigenvalue weighted by molar-refractivity contribution is 7.80. The molecular formula is C46H42Cl2O6P2. The lowest BCUT2D eigenvalue weighted by Gasteiger charge is -2.30. The van der Waals surface area contributed by atoms with Crippen LogP contribution < -0.4 is 41.3 Å². The van der Waals surface area contributed by atoms with Crippen molar-refractivity contribution in [1.82, 2.24) is 0 Å². The first-order valence-electron chi connectivity index (χ1n) is 18.4. The maximum absolute atomic E-state index is 13.2. The maximum atomic E-state index is 13.2. The largest absolute Gasteiger partial charge is 0.477 e. The minimum Gasteiger partial charge on any atom is -0.477 e. The second-order valence-electron chi connectivity index (χ2n) is 12.6. The Kier molecular flexibility index (Phi) is 14.2. The number of hydrogen-bond donors (Lipinski definition) is 0. The van der Waals surface area contributed by atoms with Crippen LogP contribution >= 0.6 is 39.0 Å². The Morgan fingerprint density at radius 1 is 0.482 bits per heavy atom. The molecular weight excluding hydrogens is 781 g/mol. The molecule has 0 unspecified atom stereocenters. The molecule has 0 N–H and O–H groups in total. The zero-order chi connectivity index (χ0) is 39.6. The summed E-state index contributed by atoms with van der Waals surface area (Å²) in [6.07, 6.45) is -2.06. The number of halogens is 2. The van der Waals surface area contributed by atoms with Crippen LogP contribution in [-0.4, -0.2) is 37.4 Å². The molecule has 10 heteroatoms. The van der Waals surface area contributed by atoms with Gasteiger partial charge in [-0.15, -0.1) is 0 Å². The summed E-state index contributed by atoms with van der Waals surface area (Å²) in [5, 5.41) is 6.58. The molecule has 6 nitrogen and oxygen atoms in total. The third kappa shape index (κ3) is 9.28. The molecule has 0 aliphatic heterocycles. The lowest BCUT2D eigenvalue weighted by molar-refractivity contribution is -0.151. The number of ether oxygens (including phenoxy) is 4. The normalized spacial score (nSPS) is 12.2. The van der Waals surface area contributed by atoms with E-state index in [9.17, 15) is 9.59 Å². The molecule has 0 radical (unpaired) electrons. The topological polar surface area (TPSA) is 71.1 Å². The van der Waals surface area contributed by atoms with Gasteiger partial charge in [0.25, 0.3) is 0 Å². The van der Waals surface area contributed by atoms with Crippen LogP contribution in [0.25, 0.3) is 11.1 Å². The van der Waals surface area contributed by atoms with Crippen molar-refractivity contribution in [1.29, 1.82) is 0 Å². The number of benzene rings is 6. The molecule has 0 saturated heterocycles. The van der Waals surface area contributed by atoms with Gasteiger partial charge in [-0.2, -0.15) is 0 Å². The van der Waals surface area contributed by atoms with E-state index in [0.717, 1.165) is 31.8 Å². The van der Waals surface area contributed by atoms with E-state index in [0.29, 0.717) is 11.1 Å². The van der Waals surface area contributed by atoms with Gasteiger partial charge in [-0.3, -0.25) is 0 Å². The van der Waals surface area contributed by atoms with Crippen molar-refractivity contribution in [2.24, 2.45) is 0 Å². The predicted octanol–water partition coefficient (Wildman–Crippen LogP) is 8.84. The van der Waals surface area contributed by atoms with Gasteiger partial charge in [-0.1, -0.05) is 157 Å². The molecule has 0 aliphatic rings. The quantitative estimate of drug-likeness (QED) is 0.0762. The highest BCUT2D eigenvalue weighted by Crippen LogP contribution is 2.51. The van der Waals surface area contributed by atoms with Crippen molar-refractivity contribution in [3.63, 3.8) is 0 Å². The first-order chi connectivity index (χ1) is 27.2. The van der Waals surface area contributed by atoms with Crippen LogP contribution in [0.4, 0.5) is 0 Å². The fraction of sp³-hybridized carbons (Fsp3) is 0.174. The molecule has 0 bridgehead atoms. The second kappa shape index (κ2) is 19.4. The van der Waals surface area contributed by atoms with Crippen molar-refractivity contribution in [2.75, 3.05) is 13.2 Å². The predicted molar refractivity (Wildman–Crippen MR) is 233 cm³/mol. The minimum atomic E-state index is -1.30. The first-order valence-corrected chi connectivity index (χ1v) is 21.8. The Balaban J connectivity index is 1.78. The number of carbonyl (C=O) groups excluding carboxylic acids is 2. The molecule has 6 aromatic rings. The third-order valence-corrected chi connectivity index (χ3v) is 14.4. The van der Waals surface area contributed by atoms with Gasteiger partial charge in [-0.25, -0.2) is 9.59 Å². The van der Waals surface area contributed by atoms with Crippen molar-refractivity contribution in [3.05, 3.63) is 156 Å². The molecule has 0 fully saturated rings. The van der Waals surface area contributed by atoms with Gasteiger partial charge in [-0.05, 0) is 87.5 Å². The van der Waals surface area contributed by atoms with Crippen LogP contribution in [0.15, 0.2) is 146 Å². The lowest BCUT2D eigenvalue weighted by Crippen LogP contribution is -2.31. The molecule has 56 heavy (non-hydrogen) atoms. The second-order valence-corrected chi connectivity index (χ2v) is 17.8. The van der Waals surface area contributed by atoms with E-state index in [1.54, 1.807) is 39.8 Å². The Morgan fingerprint density at radius 2 is 0.768 bits per heavy atom. The van der Waals surface area contributed by atoms with E-state index in [4.69, 9.17) is 42.1 Å². The molecule has 0 aliphatic carbocycles. The minimum absolute atomic E-state index is 0.182. The summed E-state index contributed by atoms with van der Waals surface area (Å²) in [6, 6.07) is 48.7. The highest BCUT2D eigenvalue weighted by atomic mass is 35.5. The Labute approximate surface area is 341 Å². The zero-order valence-electron chi connectivity index (χ0n) is 31.5. The first kappa shape index (κ1) is 40.9. The fourth-order valence-electron chi connectivity index (χ4n) is 6.31. The summed E-state index contributed by atoms with van der Waals surface area (Å²) in [7, 11) is -2.61. The van der Waals surface area contributed by atoms with E-state index < -0.39 is 40.0 Å². The molecule has 6 rings (SSSR count). The molecule has 0 heterocycles. The van der Waals surface area contributed by atoms with Crippen molar-refractivity contribution in [3.8, 4) is 22.6 Å². The van der Waals surface area contributed by atoms with Gasteiger partial charge >= 0.3 is 11.9 Å². The monoisotopic (exact) mass is 822 g/mol. The maximum Gasteiger partial charge on any atom is 0.347 e. The number of hydrogen-bond acceptors (Lipinski definition) is 6. The summed E-state index contributed by atoms with van der Waals surface area (Å²) in [6.45, 7) is 7.14. The van der Waals surface area contributed by atoms with Crippen LogP contribution in [0.3, 0.4) is 0 Å². The SMILES string of the molecule is CCOC(=O)[C@H](C)Oc1c(Cl)ccc(P(c2ccccc2)c2ccccc2)c1-c1c(P(c2ccccc2)c2ccccc2)ccc(Cl)c1O[C@H](C)C(=O)OCC.